The Labute approximate surface area is 104 Å². The van der Waals surface area contributed by atoms with Crippen molar-refractivity contribution in [1.29, 1.82) is 0 Å². The second-order valence-electron chi connectivity index (χ2n) is 2.76. The van der Waals surface area contributed by atoms with E-state index in [0.29, 0.717) is 0 Å². The maximum atomic E-state index is 10.9. The number of aldehydes is 1. The zero-order chi connectivity index (χ0) is 10.1. The van der Waals surface area contributed by atoms with E-state index in [2.05, 4.69) is 34.0 Å². The first-order valence-electron chi connectivity index (χ1n) is 3.96. The minimum Gasteiger partial charge on any atom is -0.298 e. The summed E-state index contributed by atoms with van der Waals surface area (Å²) in [4.78, 5) is 12.0. The fraction of sp³-hybridized carbons (Fsp3) is 0.100. The number of thioether (sulfide) groups is 1. The van der Waals surface area contributed by atoms with Crippen molar-refractivity contribution in [2.75, 3.05) is 6.26 Å². The summed E-state index contributed by atoms with van der Waals surface area (Å²) in [5.41, 5.74) is 0.799. The molecule has 0 atom stereocenters. The third kappa shape index (κ3) is 1.59. The van der Waals surface area contributed by atoms with Crippen molar-refractivity contribution in [3.8, 4) is 0 Å². The van der Waals surface area contributed by atoms with Crippen molar-refractivity contribution in [3.05, 3.63) is 26.6 Å². The van der Waals surface area contributed by atoms with E-state index < -0.39 is 0 Å². The standard InChI is InChI=1S/C10H7IOS2/c1-13-9-6(5-12)4-8(11)10-7(9)2-3-14-10/h2-5H,1H3. The third-order valence-corrected chi connectivity index (χ3v) is 5.03. The molecule has 0 radical (unpaired) electrons. The lowest BCUT2D eigenvalue weighted by Gasteiger charge is -2.04. The van der Waals surface area contributed by atoms with Gasteiger partial charge in [-0.1, -0.05) is 0 Å². The van der Waals surface area contributed by atoms with Crippen molar-refractivity contribution < 1.29 is 4.79 Å². The van der Waals surface area contributed by atoms with Crippen molar-refractivity contribution in [2.45, 2.75) is 4.90 Å². The molecule has 0 aliphatic rings. The van der Waals surface area contributed by atoms with Gasteiger partial charge >= 0.3 is 0 Å². The molecule has 0 saturated heterocycles. The second-order valence-corrected chi connectivity index (χ2v) is 5.66. The molecule has 0 amide bonds. The Bertz CT molecular complexity index is 490. The number of thiophene rings is 1. The second kappa shape index (κ2) is 4.20. The zero-order valence-corrected chi connectivity index (χ0v) is 11.2. The topological polar surface area (TPSA) is 17.1 Å². The van der Waals surface area contributed by atoms with Crippen LogP contribution in [-0.4, -0.2) is 12.5 Å². The van der Waals surface area contributed by atoms with Crippen LogP contribution >= 0.6 is 45.7 Å². The number of benzene rings is 1. The number of hydrogen-bond donors (Lipinski definition) is 0. The van der Waals surface area contributed by atoms with Crippen LogP contribution in [0, 0.1) is 3.57 Å². The van der Waals surface area contributed by atoms with Gasteiger partial charge in [0.05, 0.1) is 0 Å². The maximum Gasteiger partial charge on any atom is 0.151 e. The lowest BCUT2D eigenvalue weighted by Crippen LogP contribution is -1.87. The number of rotatable bonds is 2. The molecule has 0 aliphatic carbocycles. The Kier molecular flexibility index (Phi) is 3.14. The van der Waals surface area contributed by atoms with E-state index in [1.165, 1.54) is 10.1 Å². The first-order valence-corrected chi connectivity index (χ1v) is 7.15. The van der Waals surface area contributed by atoms with Gasteiger partial charge in [-0.25, -0.2) is 0 Å². The molecule has 0 spiro atoms. The highest BCUT2D eigenvalue weighted by Gasteiger charge is 2.10. The Morgan fingerprint density at radius 1 is 1.57 bits per heavy atom. The van der Waals surface area contributed by atoms with Gasteiger partial charge in [0.15, 0.2) is 6.29 Å². The molecule has 1 nitrogen and oxygen atoms in total. The lowest BCUT2D eigenvalue weighted by atomic mass is 10.2. The molecule has 1 aromatic carbocycles. The molecule has 72 valence electrons. The van der Waals surface area contributed by atoms with Crippen molar-refractivity contribution >= 4 is 62.1 Å². The van der Waals surface area contributed by atoms with Crippen LogP contribution in [0.4, 0.5) is 0 Å². The minimum atomic E-state index is 0.799. The highest BCUT2D eigenvalue weighted by atomic mass is 127. The van der Waals surface area contributed by atoms with E-state index in [0.717, 1.165) is 20.3 Å². The summed E-state index contributed by atoms with van der Waals surface area (Å²) in [5, 5.41) is 3.28. The molecule has 2 aromatic rings. The normalized spacial score (nSPS) is 10.7. The van der Waals surface area contributed by atoms with E-state index in [1.807, 2.05) is 12.3 Å². The maximum absolute atomic E-state index is 10.9. The Hall–Kier alpha value is -0.0700. The average Bonchev–Trinajstić information content (AvgIpc) is 2.66. The van der Waals surface area contributed by atoms with Gasteiger partial charge in [-0.3, -0.25) is 4.79 Å². The molecule has 1 heterocycles. The summed E-state index contributed by atoms with van der Waals surface area (Å²) < 4.78 is 2.44. The van der Waals surface area contributed by atoms with Crippen LogP contribution in [0.3, 0.4) is 0 Å². The first-order chi connectivity index (χ1) is 6.77. The first kappa shape index (κ1) is 10.4. The molecular formula is C10H7IOS2. The van der Waals surface area contributed by atoms with Gasteiger partial charge in [0, 0.05) is 24.1 Å². The molecule has 1 aromatic heterocycles. The molecule has 0 aliphatic heterocycles. The van der Waals surface area contributed by atoms with Gasteiger partial charge in [-0.05, 0) is 46.4 Å². The van der Waals surface area contributed by atoms with E-state index in [9.17, 15) is 4.79 Å². The Balaban J connectivity index is 2.88. The summed E-state index contributed by atoms with van der Waals surface area (Å²) in [6, 6.07) is 4.04. The summed E-state index contributed by atoms with van der Waals surface area (Å²) in [6.45, 7) is 0. The smallest absolute Gasteiger partial charge is 0.151 e. The molecule has 0 N–H and O–H groups in total. The summed E-state index contributed by atoms with van der Waals surface area (Å²) in [5.74, 6) is 0. The molecule has 2 rings (SSSR count). The third-order valence-electron chi connectivity index (χ3n) is 2.00. The van der Waals surface area contributed by atoms with Gasteiger partial charge in [0.2, 0.25) is 0 Å². The highest BCUT2D eigenvalue weighted by Crippen LogP contribution is 2.35. The monoisotopic (exact) mass is 334 g/mol. The molecule has 0 unspecified atom stereocenters. The number of carbonyl (C=O) groups is 1. The fourth-order valence-electron chi connectivity index (χ4n) is 1.41. The number of hydrogen-bond acceptors (Lipinski definition) is 3. The molecule has 0 bridgehead atoms. The van der Waals surface area contributed by atoms with Crippen LogP contribution in [-0.2, 0) is 0 Å². The van der Waals surface area contributed by atoms with E-state index in [1.54, 1.807) is 23.1 Å². The summed E-state index contributed by atoms with van der Waals surface area (Å²) in [6.07, 6.45) is 2.94. The highest BCUT2D eigenvalue weighted by molar-refractivity contribution is 14.1. The van der Waals surface area contributed by atoms with Crippen LogP contribution in [0.1, 0.15) is 10.4 Å². The Morgan fingerprint density at radius 2 is 2.36 bits per heavy atom. The molecular weight excluding hydrogens is 327 g/mol. The molecule has 4 heteroatoms. The predicted molar refractivity (Wildman–Crippen MR) is 71.7 cm³/mol. The summed E-state index contributed by atoms with van der Waals surface area (Å²) in [7, 11) is 0. The van der Waals surface area contributed by atoms with Crippen LogP contribution in [0.5, 0.6) is 0 Å². The number of fused-ring (bicyclic) bond motifs is 1. The quantitative estimate of drug-likeness (QED) is 0.468. The van der Waals surface area contributed by atoms with Crippen LogP contribution in [0.2, 0.25) is 0 Å². The largest absolute Gasteiger partial charge is 0.298 e. The van der Waals surface area contributed by atoms with Gasteiger partial charge in [-0.2, -0.15) is 0 Å². The SMILES string of the molecule is CSc1c(C=O)cc(I)c2sccc12. The van der Waals surface area contributed by atoms with Gasteiger partial charge in [0.25, 0.3) is 0 Å². The average molecular weight is 334 g/mol. The van der Waals surface area contributed by atoms with Crippen molar-refractivity contribution in [1.82, 2.24) is 0 Å². The summed E-state index contributed by atoms with van der Waals surface area (Å²) >= 11 is 5.64. The zero-order valence-electron chi connectivity index (χ0n) is 7.41. The van der Waals surface area contributed by atoms with Crippen LogP contribution < -0.4 is 0 Å². The van der Waals surface area contributed by atoms with Gasteiger partial charge in [-0.15, -0.1) is 23.1 Å². The number of halogens is 1. The van der Waals surface area contributed by atoms with Crippen LogP contribution in [0.25, 0.3) is 10.1 Å². The number of carbonyl (C=O) groups excluding carboxylic acids is 1. The van der Waals surface area contributed by atoms with Crippen molar-refractivity contribution in [3.63, 3.8) is 0 Å². The van der Waals surface area contributed by atoms with Crippen LogP contribution in [0.15, 0.2) is 22.4 Å². The Morgan fingerprint density at radius 3 is 3.00 bits per heavy atom. The molecule has 0 saturated carbocycles. The molecule has 0 fully saturated rings. The van der Waals surface area contributed by atoms with E-state index in [-0.39, 0.29) is 0 Å². The lowest BCUT2D eigenvalue weighted by molar-refractivity contribution is 0.112. The van der Waals surface area contributed by atoms with Gasteiger partial charge < -0.3 is 0 Å². The van der Waals surface area contributed by atoms with Crippen molar-refractivity contribution in [2.24, 2.45) is 0 Å². The minimum absolute atomic E-state index is 0.799. The fourth-order valence-corrected chi connectivity index (χ4v) is 4.03. The van der Waals surface area contributed by atoms with Gasteiger partial charge in [0.1, 0.15) is 0 Å². The molecule has 14 heavy (non-hydrogen) atoms. The van der Waals surface area contributed by atoms with E-state index in [4.69, 9.17) is 0 Å². The predicted octanol–water partition coefficient (Wildman–Crippen LogP) is 4.04. The van der Waals surface area contributed by atoms with E-state index >= 15 is 0 Å².